The van der Waals surface area contributed by atoms with Crippen molar-refractivity contribution in [3.05, 3.63) is 33.9 Å². The average Bonchev–Trinajstić information content (AvgIpc) is 2.93. The normalized spacial score (nSPS) is 18.1. The zero-order valence-electron chi connectivity index (χ0n) is 11.6. The van der Waals surface area contributed by atoms with E-state index in [0.29, 0.717) is 31.4 Å². The van der Waals surface area contributed by atoms with Crippen molar-refractivity contribution < 1.29 is 14.4 Å². The number of benzene rings is 1. The van der Waals surface area contributed by atoms with E-state index >= 15 is 0 Å². The van der Waals surface area contributed by atoms with Crippen LogP contribution in [0, 0.1) is 16.0 Å². The summed E-state index contributed by atoms with van der Waals surface area (Å²) < 4.78 is 10.9. The maximum Gasteiger partial charge on any atom is 0.292 e. The van der Waals surface area contributed by atoms with Gasteiger partial charge in [-0.1, -0.05) is 6.07 Å². The summed E-state index contributed by atoms with van der Waals surface area (Å²) in [4.78, 5) is 10.7. The van der Waals surface area contributed by atoms with E-state index in [1.54, 1.807) is 12.1 Å². The molecule has 0 radical (unpaired) electrons. The maximum absolute atomic E-state index is 11.0. The summed E-state index contributed by atoms with van der Waals surface area (Å²) in [5, 5.41) is 14.0. The van der Waals surface area contributed by atoms with E-state index < -0.39 is 0 Å². The third-order valence-electron chi connectivity index (χ3n) is 3.27. The first-order valence-electron chi connectivity index (χ1n) is 6.87. The van der Waals surface area contributed by atoms with E-state index in [4.69, 9.17) is 9.47 Å². The molecule has 1 aliphatic heterocycles. The van der Waals surface area contributed by atoms with E-state index in [0.717, 1.165) is 25.2 Å². The number of nitro groups is 1. The summed E-state index contributed by atoms with van der Waals surface area (Å²) in [6.45, 7) is 5.14. The summed E-state index contributed by atoms with van der Waals surface area (Å²) in [7, 11) is 0. The fraction of sp³-hybridized carbons (Fsp3) is 0.571. The largest absolute Gasteiger partial charge is 0.381 e. The SMILES string of the molecule is CCNc1ccc(COCC2CCOC2)cc1[N+](=O)[O-]. The second-order valence-corrected chi connectivity index (χ2v) is 4.88. The Kier molecular flexibility index (Phi) is 5.31. The lowest BCUT2D eigenvalue weighted by atomic mass is 10.1. The van der Waals surface area contributed by atoms with Gasteiger partial charge in [0.1, 0.15) is 5.69 Å². The number of hydrogen-bond acceptors (Lipinski definition) is 5. The Bertz CT molecular complexity index is 458. The van der Waals surface area contributed by atoms with Crippen LogP contribution in [-0.2, 0) is 16.1 Å². The molecule has 2 rings (SSSR count). The Morgan fingerprint density at radius 2 is 2.40 bits per heavy atom. The van der Waals surface area contributed by atoms with Crippen molar-refractivity contribution in [3.63, 3.8) is 0 Å². The second kappa shape index (κ2) is 7.21. The Labute approximate surface area is 118 Å². The molecule has 1 atom stereocenters. The van der Waals surface area contributed by atoms with Crippen molar-refractivity contribution in [2.45, 2.75) is 20.0 Å². The van der Waals surface area contributed by atoms with Gasteiger partial charge in [0.25, 0.3) is 5.69 Å². The highest BCUT2D eigenvalue weighted by atomic mass is 16.6. The number of rotatable bonds is 7. The Morgan fingerprint density at radius 1 is 1.55 bits per heavy atom. The molecule has 0 bridgehead atoms. The molecule has 1 fully saturated rings. The molecule has 0 aromatic heterocycles. The highest BCUT2D eigenvalue weighted by Crippen LogP contribution is 2.26. The minimum Gasteiger partial charge on any atom is -0.381 e. The smallest absolute Gasteiger partial charge is 0.292 e. The summed E-state index contributed by atoms with van der Waals surface area (Å²) in [6, 6.07) is 5.16. The van der Waals surface area contributed by atoms with Crippen LogP contribution in [0.5, 0.6) is 0 Å². The Hall–Kier alpha value is -1.66. The Morgan fingerprint density at radius 3 is 3.05 bits per heavy atom. The van der Waals surface area contributed by atoms with Crippen LogP contribution >= 0.6 is 0 Å². The van der Waals surface area contributed by atoms with Crippen LogP contribution in [0.2, 0.25) is 0 Å². The highest BCUT2D eigenvalue weighted by molar-refractivity contribution is 5.62. The predicted octanol–water partition coefficient (Wildman–Crippen LogP) is 2.58. The minimum atomic E-state index is -0.369. The lowest BCUT2D eigenvalue weighted by Gasteiger charge is -2.10. The van der Waals surface area contributed by atoms with Crippen molar-refractivity contribution in [2.24, 2.45) is 5.92 Å². The fourth-order valence-corrected chi connectivity index (χ4v) is 2.22. The van der Waals surface area contributed by atoms with Gasteiger partial charge in [-0.25, -0.2) is 0 Å². The third kappa shape index (κ3) is 3.91. The van der Waals surface area contributed by atoms with Crippen LogP contribution < -0.4 is 5.32 Å². The zero-order chi connectivity index (χ0) is 14.4. The van der Waals surface area contributed by atoms with Crippen LogP contribution in [0.15, 0.2) is 18.2 Å². The predicted molar refractivity (Wildman–Crippen MR) is 75.8 cm³/mol. The summed E-state index contributed by atoms with van der Waals surface area (Å²) in [5.41, 5.74) is 1.46. The van der Waals surface area contributed by atoms with E-state index in [1.807, 2.05) is 13.0 Å². The molecule has 0 amide bonds. The van der Waals surface area contributed by atoms with Gasteiger partial charge in [-0.3, -0.25) is 10.1 Å². The molecule has 0 saturated carbocycles. The van der Waals surface area contributed by atoms with Crippen molar-refractivity contribution >= 4 is 11.4 Å². The van der Waals surface area contributed by atoms with Crippen LogP contribution in [0.1, 0.15) is 18.9 Å². The minimum absolute atomic E-state index is 0.0946. The van der Waals surface area contributed by atoms with Gasteiger partial charge in [0.15, 0.2) is 0 Å². The number of nitrogens with zero attached hydrogens (tertiary/aromatic N) is 1. The van der Waals surface area contributed by atoms with Gasteiger partial charge < -0.3 is 14.8 Å². The number of ether oxygens (including phenoxy) is 2. The van der Waals surface area contributed by atoms with Gasteiger partial charge in [-0.15, -0.1) is 0 Å². The molecule has 1 aliphatic rings. The van der Waals surface area contributed by atoms with Gasteiger partial charge in [-0.05, 0) is 25.0 Å². The summed E-state index contributed by atoms with van der Waals surface area (Å²) in [6.07, 6.45) is 1.03. The molecule has 1 unspecified atom stereocenters. The molecular weight excluding hydrogens is 260 g/mol. The third-order valence-corrected chi connectivity index (χ3v) is 3.27. The van der Waals surface area contributed by atoms with Crippen molar-refractivity contribution in [1.29, 1.82) is 0 Å². The first-order chi connectivity index (χ1) is 9.70. The van der Waals surface area contributed by atoms with Crippen molar-refractivity contribution in [1.82, 2.24) is 0 Å². The van der Waals surface area contributed by atoms with E-state index in [1.165, 1.54) is 0 Å². The summed E-state index contributed by atoms with van der Waals surface area (Å²) in [5.74, 6) is 0.450. The average molecular weight is 280 g/mol. The highest BCUT2D eigenvalue weighted by Gasteiger charge is 2.17. The van der Waals surface area contributed by atoms with Gasteiger partial charge in [0.05, 0.1) is 24.7 Å². The standard InChI is InChI=1S/C14H20N2O4/c1-2-15-13-4-3-11(7-14(13)16(17)18)8-20-10-12-5-6-19-9-12/h3-4,7,12,15H,2,5-6,8-10H2,1H3. The molecule has 1 saturated heterocycles. The monoisotopic (exact) mass is 280 g/mol. The van der Waals surface area contributed by atoms with E-state index in [9.17, 15) is 10.1 Å². The van der Waals surface area contributed by atoms with Crippen LogP contribution in [0.4, 0.5) is 11.4 Å². The van der Waals surface area contributed by atoms with Crippen LogP contribution in [0.3, 0.4) is 0 Å². The maximum atomic E-state index is 11.0. The first kappa shape index (κ1) is 14.7. The molecule has 0 spiro atoms. The molecule has 20 heavy (non-hydrogen) atoms. The summed E-state index contributed by atoms with van der Waals surface area (Å²) >= 11 is 0. The lowest BCUT2D eigenvalue weighted by Crippen LogP contribution is -2.09. The van der Waals surface area contributed by atoms with E-state index in [2.05, 4.69) is 5.32 Å². The Balaban J connectivity index is 1.93. The topological polar surface area (TPSA) is 73.6 Å². The number of nitrogens with one attached hydrogen (secondary N) is 1. The first-order valence-corrected chi connectivity index (χ1v) is 6.87. The molecule has 6 heteroatoms. The van der Waals surface area contributed by atoms with Gasteiger partial charge in [0.2, 0.25) is 0 Å². The lowest BCUT2D eigenvalue weighted by molar-refractivity contribution is -0.384. The second-order valence-electron chi connectivity index (χ2n) is 4.88. The molecule has 1 aromatic rings. The quantitative estimate of drug-likeness (QED) is 0.614. The molecule has 1 N–H and O–H groups in total. The number of hydrogen-bond donors (Lipinski definition) is 1. The molecule has 0 aliphatic carbocycles. The van der Waals surface area contributed by atoms with Gasteiger partial charge in [-0.2, -0.15) is 0 Å². The fourth-order valence-electron chi connectivity index (χ4n) is 2.22. The molecule has 6 nitrogen and oxygen atoms in total. The van der Waals surface area contributed by atoms with Crippen molar-refractivity contribution in [2.75, 3.05) is 31.7 Å². The molecule has 1 aromatic carbocycles. The van der Waals surface area contributed by atoms with Gasteiger partial charge in [0, 0.05) is 25.1 Å². The number of nitro benzene ring substituents is 1. The molecule has 1 heterocycles. The van der Waals surface area contributed by atoms with Crippen LogP contribution in [-0.4, -0.2) is 31.3 Å². The number of anilines is 1. The molecule has 110 valence electrons. The molecular formula is C14H20N2O4. The van der Waals surface area contributed by atoms with Crippen molar-refractivity contribution in [3.8, 4) is 0 Å². The zero-order valence-corrected chi connectivity index (χ0v) is 11.6. The van der Waals surface area contributed by atoms with E-state index in [-0.39, 0.29) is 10.6 Å². The van der Waals surface area contributed by atoms with Gasteiger partial charge >= 0.3 is 0 Å². The van der Waals surface area contributed by atoms with Crippen LogP contribution in [0.25, 0.3) is 0 Å².